The second-order valence-electron chi connectivity index (χ2n) is 5.22. The summed E-state index contributed by atoms with van der Waals surface area (Å²) < 4.78 is 10.1. The zero-order valence-corrected chi connectivity index (χ0v) is 11.9. The Labute approximate surface area is 123 Å². The van der Waals surface area contributed by atoms with E-state index in [1.165, 1.54) is 0 Å². The van der Waals surface area contributed by atoms with E-state index in [9.17, 15) is 9.59 Å². The summed E-state index contributed by atoms with van der Waals surface area (Å²) >= 11 is 0. The van der Waals surface area contributed by atoms with Gasteiger partial charge in [0.05, 0.1) is 13.7 Å². The Morgan fingerprint density at radius 2 is 2.29 bits per heavy atom. The highest BCUT2D eigenvalue weighted by Crippen LogP contribution is 2.25. The van der Waals surface area contributed by atoms with Crippen LogP contribution in [0.15, 0.2) is 24.3 Å². The Hall–Kier alpha value is -2.08. The number of hydrogen-bond acceptors (Lipinski definition) is 4. The van der Waals surface area contributed by atoms with Crippen LogP contribution in [0.4, 0.5) is 5.69 Å². The normalized spacial score (nSPS) is 24.6. The van der Waals surface area contributed by atoms with E-state index in [-0.39, 0.29) is 17.9 Å². The molecule has 21 heavy (non-hydrogen) atoms. The molecule has 2 amide bonds. The molecule has 0 aliphatic carbocycles. The summed E-state index contributed by atoms with van der Waals surface area (Å²) in [6, 6.07) is 6.91. The molecule has 2 aliphatic heterocycles. The van der Waals surface area contributed by atoms with Crippen molar-refractivity contribution in [1.29, 1.82) is 0 Å². The van der Waals surface area contributed by atoms with E-state index in [0.717, 1.165) is 12.1 Å². The van der Waals surface area contributed by atoms with Crippen molar-refractivity contribution in [2.75, 3.05) is 25.2 Å². The van der Waals surface area contributed by atoms with Crippen molar-refractivity contribution in [3.05, 3.63) is 24.3 Å². The Morgan fingerprint density at radius 3 is 3.00 bits per heavy atom. The lowest BCUT2D eigenvalue weighted by Gasteiger charge is -2.32. The zero-order chi connectivity index (χ0) is 14.8. The Morgan fingerprint density at radius 1 is 1.48 bits per heavy atom. The number of nitrogens with zero attached hydrogens (tertiary/aromatic N) is 1. The van der Waals surface area contributed by atoms with Gasteiger partial charge in [0.25, 0.3) is 5.91 Å². The van der Waals surface area contributed by atoms with Gasteiger partial charge in [0, 0.05) is 18.3 Å². The number of benzene rings is 1. The maximum absolute atomic E-state index is 12.5. The van der Waals surface area contributed by atoms with Gasteiger partial charge in [0.2, 0.25) is 5.91 Å². The van der Waals surface area contributed by atoms with Gasteiger partial charge in [-0.25, -0.2) is 0 Å². The fourth-order valence-corrected chi connectivity index (χ4v) is 2.51. The second-order valence-corrected chi connectivity index (χ2v) is 5.22. The van der Waals surface area contributed by atoms with Crippen LogP contribution in [0.1, 0.15) is 12.8 Å². The first-order valence-corrected chi connectivity index (χ1v) is 7.06. The van der Waals surface area contributed by atoms with E-state index in [1.54, 1.807) is 12.0 Å². The SMILES string of the molecule is COc1cccc(N2CCCC(NC(=O)C3CO3)C2=O)c1. The number of hydrogen-bond donors (Lipinski definition) is 1. The summed E-state index contributed by atoms with van der Waals surface area (Å²) in [4.78, 5) is 26.0. The van der Waals surface area contributed by atoms with E-state index in [4.69, 9.17) is 9.47 Å². The van der Waals surface area contributed by atoms with Crippen molar-refractivity contribution in [2.45, 2.75) is 25.0 Å². The van der Waals surface area contributed by atoms with Crippen LogP contribution < -0.4 is 15.0 Å². The molecule has 0 radical (unpaired) electrons. The first kappa shape index (κ1) is 13.9. The van der Waals surface area contributed by atoms with Gasteiger partial charge in [-0.1, -0.05) is 6.07 Å². The zero-order valence-electron chi connectivity index (χ0n) is 11.9. The number of rotatable bonds is 4. The quantitative estimate of drug-likeness (QED) is 0.829. The molecule has 2 saturated heterocycles. The lowest BCUT2D eigenvalue weighted by molar-refractivity contribution is -0.129. The molecule has 6 heteroatoms. The molecule has 2 unspecified atom stereocenters. The minimum absolute atomic E-state index is 0.0801. The van der Waals surface area contributed by atoms with Crippen LogP contribution in [-0.2, 0) is 14.3 Å². The second kappa shape index (κ2) is 5.73. The van der Waals surface area contributed by atoms with Crippen molar-refractivity contribution in [2.24, 2.45) is 0 Å². The molecule has 6 nitrogen and oxygen atoms in total. The molecule has 112 valence electrons. The number of ether oxygens (including phenoxy) is 2. The smallest absolute Gasteiger partial charge is 0.252 e. The fraction of sp³-hybridized carbons (Fsp3) is 0.467. The molecule has 2 heterocycles. The van der Waals surface area contributed by atoms with Crippen LogP contribution in [0, 0.1) is 0 Å². The fourth-order valence-electron chi connectivity index (χ4n) is 2.51. The number of amides is 2. The predicted molar refractivity (Wildman–Crippen MR) is 76.3 cm³/mol. The molecular formula is C15H18N2O4. The number of carbonyl (C=O) groups excluding carboxylic acids is 2. The van der Waals surface area contributed by atoms with Crippen LogP contribution in [0.25, 0.3) is 0 Å². The maximum Gasteiger partial charge on any atom is 0.252 e. The van der Waals surface area contributed by atoms with E-state index in [2.05, 4.69) is 5.32 Å². The minimum atomic E-state index is -0.471. The molecule has 3 rings (SSSR count). The summed E-state index contributed by atoms with van der Waals surface area (Å²) in [6.07, 6.45) is 1.14. The number of epoxide rings is 1. The molecule has 0 spiro atoms. The molecule has 2 atom stereocenters. The average molecular weight is 290 g/mol. The molecule has 0 saturated carbocycles. The monoisotopic (exact) mass is 290 g/mol. The molecule has 2 fully saturated rings. The Bertz CT molecular complexity index is 556. The van der Waals surface area contributed by atoms with Crippen molar-refractivity contribution in [1.82, 2.24) is 5.32 Å². The summed E-state index contributed by atoms with van der Waals surface area (Å²) in [5.74, 6) is 0.433. The minimum Gasteiger partial charge on any atom is -0.497 e. The summed E-state index contributed by atoms with van der Waals surface area (Å²) in [7, 11) is 1.59. The van der Waals surface area contributed by atoms with Gasteiger partial charge in [-0.3, -0.25) is 9.59 Å². The van der Waals surface area contributed by atoms with Gasteiger partial charge in [-0.15, -0.1) is 0 Å². The highest BCUT2D eigenvalue weighted by Gasteiger charge is 2.36. The molecule has 0 aromatic heterocycles. The molecule has 1 aromatic rings. The third-order valence-electron chi connectivity index (χ3n) is 3.75. The largest absolute Gasteiger partial charge is 0.497 e. The van der Waals surface area contributed by atoms with Gasteiger partial charge in [-0.05, 0) is 25.0 Å². The van der Waals surface area contributed by atoms with E-state index in [1.807, 2.05) is 24.3 Å². The number of anilines is 1. The number of piperidine rings is 1. The number of nitrogens with one attached hydrogen (secondary N) is 1. The lowest BCUT2D eigenvalue weighted by Crippen LogP contribution is -2.53. The number of methoxy groups -OCH3 is 1. The number of carbonyl (C=O) groups is 2. The molecule has 2 aliphatic rings. The highest BCUT2D eigenvalue weighted by molar-refractivity contribution is 6.00. The van der Waals surface area contributed by atoms with Crippen LogP contribution in [0.2, 0.25) is 0 Å². The summed E-state index contributed by atoms with van der Waals surface area (Å²) in [6.45, 7) is 1.10. The van der Waals surface area contributed by atoms with E-state index >= 15 is 0 Å². The van der Waals surface area contributed by atoms with Crippen molar-refractivity contribution in [3.63, 3.8) is 0 Å². The van der Waals surface area contributed by atoms with Crippen molar-refractivity contribution < 1.29 is 19.1 Å². The first-order chi connectivity index (χ1) is 10.2. The van der Waals surface area contributed by atoms with Crippen molar-refractivity contribution in [3.8, 4) is 5.75 Å². The highest BCUT2D eigenvalue weighted by atomic mass is 16.6. The van der Waals surface area contributed by atoms with Gasteiger partial charge < -0.3 is 19.7 Å². The first-order valence-electron chi connectivity index (χ1n) is 7.06. The summed E-state index contributed by atoms with van der Waals surface area (Å²) in [5.41, 5.74) is 0.793. The van der Waals surface area contributed by atoms with Crippen LogP contribution in [-0.4, -0.2) is 44.2 Å². The van der Waals surface area contributed by atoms with Gasteiger partial charge >= 0.3 is 0 Å². The predicted octanol–water partition coefficient (Wildman–Crippen LogP) is 0.706. The third-order valence-corrected chi connectivity index (χ3v) is 3.75. The van der Waals surface area contributed by atoms with Gasteiger partial charge in [-0.2, -0.15) is 0 Å². The standard InChI is InChI=1S/C15H18N2O4/c1-20-11-5-2-4-10(8-11)17-7-3-6-12(15(17)19)16-14(18)13-9-21-13/h2,4-5,8,12-13H,3,6-7,9H2,1H3,(H,16,18). The van der Waals surface area contributed by atoms with Crippen LogP contribution in [0.5, 0.6) is 5.75 Å². The third kappa shape index (κ3) is 3.00. The molecule has 1 N–H and O–H groups in total. The molecule has 1 aromatic carbocycles. The average Bonchev–Trinajstić information content (AvgIpc) is 3.34. The Kier molecular flexibility index (Phi) is 3.79. The van der Waals surface area contributed by atoms with Gasteiger partial charge in [0.1, 0.15) is 11.8 Å². The molecule has 0 bridgehead atoms. The lowest BCUT2D eigenvalue weighted by atomic mass is 10.0. The summed E-state index contributed by atoms with van der Waals surface area (Å²) in [5, 5.41) is 2.77. The van der Waals surface area contributed by atoms with Crippen molar-refractivity contribution >= 4 is 17.5 Å². The molecular weight excluding hydrogens is 272 g/mol. The maximum atomic E-state index is 12.5. The van der Waals surface area contributed by atoms with E-state index < -0.39 is 6.04 Å². The van der Waals surface area contributed by atoms with Crippen LogP contribution in [0.3, 0.4) is 0 Å². The topological polar surface area (TPSA) is 71.2 Å². The van der Waals surface area contributed by atoms with E-state index in [0.29, 0.717) is 25.3 Å². The van der Waals surface area contributed by atoms with Crippen LogP contribution >= 0.6 is 0 Å². The Balaban J connectivity index is 1.72. The van der Waals surface area contributed by atoms with Gasteiger partial charge in [0.15, 0.2) is 6.10 Å².